The second-order valence-corrected chi connectivity index (χ2v) is 4.00. The van der Waals surface area contributed by atoms with Crippen LogP contribution in [-0.2, 0) is 6.18 Å². The number of alkyl halides is 3. The highest BCUT2D eigenvalue weighted by Crippen LogP contribution is 2.33. The van der Waals surface area contributed by atoms with Gasteiger partial charge in [0.1, 0.15) is 6.33 Å². The Labute approximate surface area is 110 Å². The van der Waals surface area contributed by atoms with Gasteiger partial charge >= 0.3 is 12.2 Å². The van der Waals surface area contributed by atoms with Crippen molar-refractivity contribution >= 4 is 23.3 Å². The van der Waals surface area contributed by atoms with E-state index in [0.717, 1.165) is 22.8 Å². The van der Waals surface area contributed by atoms with Crippen molar-refractivity contribution < 1.29 is 18.0 Å². The number of nitrogens with one attached hydrogen (secondary N) is 1. The number of aromatic nitrogens is 2. The molecule has 0 aliphatic rings. The zero-order chi connectivity index (χ0) is 14.0. The highest BCUT2D eigenvalue weighted by Gasteiger charge is 2.30. The smallest absolute Gasteiger partial charge is 0.306 e. The molecule has 19 heavy (non-hydrogen) atoms. The van der Waals surface area contributed by atoms with Crippen LogP contribution >= 0.6 is 11.6 Å². The predicted octanol–water partition coefficient (Wildman–Crippen LogP) is 3.64. The van der Waals surface area contributed by atoms with Crippen LogP contribution in [0.1, 0.15) is 5.56 Å². The Morgan fingerprint density at radius 1 is 1.37 bits per heavy atom. The standard InChI is InChI=1S/C11H7ClF3N3O/c12-8-5-7(11(13,14)15)1-2-9(8)17-10(19)18-4-3-16-6-18/h1-6H,(H,17,19). The molecule has 1 N–H and O–H groups in total. The molecule has 0 aliphatic carbocycles. The van der Waals surface area contributed by atoms with Gasteiger partial charge in [0.15, 0.2) is 0 Å². The molecule has 0 spiro atoms. The molecular weight excluding hydrogens is 283 g/mol. The summed E-state index contributed by atoms with van der Waals surface area (Å²) in [5.74, 6) is 0. The maximum atomic E-state index is 12.4. The van der Waals surface area contributed by atoms with E-state index in [1.807, 2.05) is 0 Å². The highest BCUT2D eigenvalue weighted by molar-refractivity contribution is 6.33. The third-order valence-electron chi connectivity index (χ3n) is 2.28. The fraction of sp³-hybridized carbons (Fsp3) is 0.0909. The molecule has 0 unspecified atom stereocenters. The number of benzene rings is 1. The predicted molar refractivity (Wildman–Crippen MR) is 63.1 cm³/mol. The van der Waals surface area contributed by atoms with E-state index in [2.05, 4.69) is 10.3 Å². The van der Waals surface area contributed by atoms with E-state index in [0.29, 0.717) is 0 Å². The first-order valence-corrected chi connectivity index (χ1v) is 5.42. The molecule has 0 fully saturated rings. The lowest BCUT2D eigenvalue weighted by atomic mass is 10.2. The lowest BCUT2D eigenvalue weighted by molar-refractivity contribution is -0.137. The second-order valence-electron chi connectivity index (χ2n) is 3.59. The number of anilines is 1. The van der Waals surface area contributed by atoms with Crippen molar-refractivity contribution in [2.45, 2.75) is 6.18 Å². The van der Waals surface area contributed by atoms with Crippen LogP contribution in [0.3, 0.4) is 0 Å². The van der Waals surface area contributed by atoms with Crippen molar-refractivity contribution in [1.82, 2.24) is 9.55 Å². The van der Waals surface area contributed by atoms with Gasteiger partial charge in [-0.15, -0.1) is 0 Å². The van der Waals surface area contributed by atoms with Crippen LogP contribution < -0.4 is 5.32 Å². The fourth-order valence-corrected chi connectivity index (χ4v) is 1.58. The lowest BCUT2D eigenvalue weighted by Crippen LogP contribution is -2.18. The molecule has 8 heteroatoms. The SMILES string of the molecule is O=C(Nc1ccc(C(F)(F)F)cc1Cl)n1ccnc1. The molecule has 0 radical (unpaired) electrons. The molecule has 100 valence electrons. The van der Waals surface area contributed by atoms with Gasteiger partial charge in [-0.2, -0.15) is 13.2 Å². The summed E-state index contributed by atoms with van der Waals surface area (Å²) in [5.41, 5.74) is -0.786. The zero-order valence-electron chi connectivity index (χ0n) is 9.28. The summed E-state index contributed by atoms with van der Waals surface area (Å²) >= 11 is 5.70. The van der Waals surface area contributed by atoms with Crippen LogP contribution in [0.5, 0.6) is 0 Å². The number of hydrogen-bond donors (Lipinski definition) is 1. The Balaban J connectivity index is 2.21. The van der Waals surface area contributed by atoms with Crippen LogP contribution in [0.4, 0.5) is 23.7 Å². The number of carbonyl (C=O) groups is 1. The monoisotopic (exact) mass is 289 g/mol. The van der Waals surface area contributed by atoms with E-state index >= 15 is 0 Å². The topological polar surface area (TPSA) is 46.9 Å². The molecule has 1 aromatic carbocycles. The molecule has 0 saturated heterocycles. The summed E-state index contributed by atoms with van der Waals surface area (Å²) in [6.07, 6.45) is -0.425. The number of amides is 1. The average Bonchev–Trinajstić information content (AvgIpc) is 2.84. The summed E-state index contributed by atoms with van der Waals surface area (Å²) in [7, 11) is 0. The average molecular weight is 290 g/mol. The van der Waals surface area contributed by atoms with Gasteiger partial charge in [-0.05, 0) is 18.2 Å². The number of hydrogen-bond acceptors (Lipinski definition) is 2. The Hall–Kier alpha value is -2.02. The molecule has 0 aliphatic heterocycles. The summed E-state index contributed by atoms with van der Waals surface area (Å²) in [6, 6.07) is 2.12. The Bertz CT molecular complexity index is 596. The lowest BCUT2D eigenvalue weighted by Gasteiger charge is -2.11. The molecule has 0 saturated carbocycles. The van der Waals surface area contributed by atoms with Crippen LogP contribution in [0.2, 0.25) is 5.02 Å². The van der Waals surface area contributed by atoms with Crippen molar-refractivity contribution in [3.05, 3.63) is 47.5 Å². The van der Waals surface area contributed by atoms with Gasteiger partial charge in [-0.1, -0.05) is 11.6 Å². The maximum Gasteiger partial charge on any atom is 0.416 e. The second kappa shape index (κ2) is 4.93. The highest BCUT2D eigenvalue weighted by atomic mass is 35.5. The molecule has 4 nitrogen and oxygen atoms in total. The number of halogens is 4. The van der Waals surface area contributed by atoms with Gasteiger partial charge in [-0.25, -0.2) is 9.78 Å². The normalized spacial score (nSPS) is 11.4. The third-order valence-corrected chi connectivity index (χ3v) is 2.59. The van der Waals surface area contributed by atoms with Crippen LogP contribution in [0.15, 0.2) is 36.9 Å². The summed E-state index contributed by atoms with van der Waals surface area (Å²) in [4.78, 5) is 15.3. The summed E-state index contributed by atoms with van der Waals surface area (Å²) in [6.45, 7) is 0. The van der Waals surface area contributed by atoms with Gasteiger partial charge < -0.3 is 5.32 Å². The quantitative estimate of drug-likeness (QED) is 0.871. The van der Waals surface area contributed by atoms with Crippen LogP contribution in [0.25, 0.3) is 0 Å². The van der Waals surface area contributed by atoms with Crippen molar-refractivity contribution in [1.29, 1.82) is 0 Å². The van der Waals surface area contributed by atoms with Crippen molar-refractivity contribution in [3.8, 4) is 0 Å². The molecule has 2 aromatic rings. The van der Waals surface area contributed by atoms with Crippen molar-refractivity contribution in [3.63, 3.8) is 0 Å². The largest absolute Gasteiger partial charge is 0.416 e. The van der Waals surface area contributed by atoms with E-state index in [-0.39, 0.29) is 10.7 Å². The van der Waals surface area contributed by atoms with Crippen molar-refractivity contribution in [2.75, 3.05) is 5.32 Å². The van der Waals surface area contributed by atoms with Gasteiger partial charge in [0.05, 0.1) is 16.3 Å². The third kappa shape index (κ3) is 3.05. The molecular formula is C11H7ClF3N3O. The molecule has 2 rings (SSSR count). The summed E-state index contributed by atoms with van der Waals surface area (Å²) < 4.78 is 38.4. The molecule has 1 amide bonds. The van der Waals surface area contributed by atoms with Gasteiger partial charge in [0.2, 0.25) is 0 Å². The first-order chi connectivity index (χ1) is 8.88. The first-order valence-electron chi connectivity index (χ1n) is 5.04. The number of rotatable bonds is 1. The number of nitrogens with zero attached hydrogens (tertiary/aromatic N) is 2. The van der Waals surface area contributed by atoms with Crippen LogP contribution in [0, 0.1) is 0 Å². The Morgan fingerprint density at radius 2 is 2.11 bits per heavy atom. The van der Waals surface area contributed by atoms with Gasteiger partial charge in [0, 0.05) is 12.4 Å². The van der Waals surface area contributed by atoms with Gasteiger partial charge in [-0.3, -0.25) is 4.57 Å². The molecule has 0 atom stereocenters. The molecule has 1 aromatic heterocycles. The fourth-order valence-electron chi connectivity index (χ4n) is 1.35. The van der Waals surface area contributed by atoms with Gasteiger partial charge in [0.25, 0.3) is 0 Å². The van der Waals surface area contributed by atoms with E-state index < -0.39 is 17.8 Å². The summed E-state index contributed by atoms with van der Waals surface area (Å²) in [5, 5.41) is 2.18. The molecule has 1 heterocycles. The van der Waals surface area contributed by atoms with E-state index in [1.165, 1.54) is 18.7 Å². The van der Waals surface area contributed by atoms with Crippen LogP contribution in [-0.4, -0.2) is 15.6 Å². The maximum absolute atomic E-state index is 12.4. The number of carbonyl (C=O) groups excluding carboxylic acids is 1. The minimum Gasteiger partial charge on any atom is -0.306 e. The first kappa shape index (κ1) is 13.4. The van der Waals surface area contributed by atoms with E-state index in [4.69, 9.17) is 11.6 Å². The van der Waals surface area contributed by atoms with E-state index in [1.54, 1.807) is 0 Å². The van der Waals surface area contributed by atoms with Crippen molar-refractivity contribution in [2.24, 2.45) is 0 Å². The Morgan fingerprint density at radius 3 is 2.63 bits per heavy atom. The molecule has 0 bridgehead atoms. The minimum absolute atomic E-state index is 0.0911. The zero-order valence-corrected chi connectivity index (χ0v) is 10.0. The Kier molecular flexibility index (Phi) is 3.48. The minimum atomic E-state index is -4.48. The van der Waals surface area contributed by atoms with E-state index in [9.17, 15) is 18.0 Å². The number of imidazole rings is 1.